The molecule has 0 radical (unpaired) electrons. The summed E-state index contributed by atoms with van der Waals surface area (Å²) < 4.78 is 9.09. The first-order chi connectivity index (χ1) is 6.70. The molecule has 0 aliphatic heterocycles. The third-order valence-corrected chi connectivity index (χ3v) is 1.61. The van der Waals surface area contributed by atoms with Crippen LogP contribution in [0.15, 0.2) is 21.4 Å². The fourth-order valence-electron chi connectivity index (χ4n) is 1.02. The average Bonchev–Trinajstić information content (AvgIpc) is 2.70. The number of hydrogen-bond donors (Lipinski definition) is 2. The predicted molar refractivity (Wildman–Crippen MR) is 43.4 cm³/mol. The first kappa shape index (κ1) is 8.30. The van der Waals surface area contributed by atoms with Gasteiger partial charge in [0.15, 0.2) is 11.3 Å². The van der Waals surface area contributed by atoms with Crippen LogP contribution in [0.25, 0.3) is 11.4 Å². The Kier molecular flexibility index (Phi) is 1.70. The second kappa shape index (κ2) is 2.87. The van der Waals surface area contributed by atoms with Crippen LogP contribution in [0.3, 0.4) is 0 Å². The van der Waals surface area contributed by atoms with Crippen LogP contribution >= 0.6 is 0 Å². The van der Waals surface area contributed by atoms with Crippen molar-refractivity contribution in [1.82, 2.24) is 10.3 Å². The van der Waals surface area contributed by atoms with E-state index in [2.05, 4.69) is 19.4 Å². The molecule has 3 N–H and O–H groups in total. The number of rotatable bonds is 2. The van der Waals surface area contributed by atoms with Crippen molar-refractivity contribution in [2.45, 2.75) is 0 Å². The van der Waals surface area contributed by atoms with Gasteiger partial charge in [0.1, 0.15) is 12.0 Å². The van der Waals surface area contributed by atoms with E-state index in [0.29, 0.717) is 0 Å². The Balaban J connectivity index is 2.60. The van der Waals surface area contributed by atoms with E-state index < -0.39 is 5.97 Å². The predicted octanol–water partition coefficient (Wildman–Crippen LogP) is 0.610. The Morgan fingerprint density at radius 3 is 2.86 bits per heavy atom. The van der Waals surface area contributed by atoms with E-state index in [1.807, 2.05) is 0 Å². The zero-order chi connectivity index (χ0) is 10.1. The van der Waals surface area contributed by atoms with Crippen LogP contribution in [0, 0.1) is 0 Å². The molecule has 2 rings (SSSR count). The van der Waals surface area contributed by atoms with Gasteiger partial charge in [-0.15, -0.1) is 0 Å². The van der Waals surface area contributed by atoms with Crippen LogP contribution in [0.1, 0.15) is 10.4 Å². The van der Waals surface area contributed by atoms with E-state index in [9.17, 15) is 4.79 Å². The number of carboxylic acids is 1. The second-order valence-electron chi connectivity index (χ2n) is 2.46. The molecule has 0 aliphatic rings. The Labute approximate surface area is 77.1 Å². The monoisotopic (exact) mass is 195 g/mol. The molecular formula is C7H5N3O4. The molecule has 7 nitrogen and oxygen atoms in total. The highest BCUT2D eigenvalue weighted by Crippen LogP contribution is 2.25. The molecule has 0 aromatic carbocycles. The Morgan fingerprint density at radius 1 is 1.50 bits per heavy atom. The van der Waals surface area contributed by atoms with E-state index >= 15 is 0 Å². The third kappa shape index (κ3) is 1.11. The van der Waals surface area contributed by atoms with Crippen molar-refractivity contribution in [3.63, 3.8) is 0 Å². The van der Waals surface area contributed by atoms with Crippen molar-refractivity contribution in [1.29, 1.82) is 0 Å². The van der Waals surface area contributed by atoms with Crippen molar-refractivity contribution < 1.29 is 18.9 Å². The zero-order valence-corrected chi connectivity index (χ0v) is 6.80. The number of carboxylic acid groups (broad SMARTS) is 1. The average molecular weight is 195 g/mol. The maximum absolute atomic E-state index is 10.8. The van der Waals surface area contributed by atoms with Gasteiger partial charge in [-0.2, -0.15) is 0 Å². The summed E-state index contributed by atoms with van der Waals surface area (Å²) in [7, 11) is 0. The Bertz CT molecular complexity index is 459. The van der Waals surface area contributed by atoms with Gasteiger partial charge in [0.2, 0.25) is 5.88 Å². The maximum atomic E-state index is 10.8. The second-order valence-corrected chi connectivity index (χ2v) is 2.46. The number of nitrogens with zero attached hydrogens (tertiary/aromatic N) is 2. The SMILES string of the molecule is Nc1onc(-c2ccon2)c1C(=O)O. The number of nitrogens with two attached hydrogens (primary N) is 1. The first-order valence-corrected chi connectivity index (χ1v) is 3.59. The summed E-state index contributed by atoms with van der Waals surface area (Å²) in [4.78, 5) is 10.8. The molecule has 0 bridgehead atoms. The molecule has 2 aromatic rings. The van der Waals surface area contributed by atoms with Gasteiger partial charge in [0, 0.05) is 6.07 Å². The number of aromatic nitrogens is 2. The van der Waals surface area contributed by atoms with Crippen molar-refractivity contribution in [2.75, 3.05) is 5.73 Å². The smallest absolute Gasteiger partial charge is 0.343 e. The molecule has 0 unspecified atom stereocenters. The minimum absolute atomic E-state index is 0.0590. The van der Waals surface area contributed by atoms with Gasteiger partial charge in [0.05, 0.1) is 0 Å². The number of carbonyl (C=O) groups is 1. The van der Waals surface area contributed by atoms with Gasteiger partial charge in [-0.3, -0.25) is 0 Å². The van der Waals surface area contributed by atoms with Gasteiger partial charge in [-0.25, -0.2) is 4.79 Å². The van der Waals surface area contributed by atoms with Crippen LogP contribution in [0.4, 0.5) is 5.88 Å². The lowest BCUT2D eigenvalue weighted by atomic mass is 10.2. The fourth-order valence-corrected chi connectivity index (χ4v) is 1.02. The molecule has 0 spiro atoms. The molecule has 0 amide bonds. The van der Waals surface area contributed by atoms with Crippen LogP contribution in [-0.4, -0.2) is 21.4 Å². The summed E-state index contributed by atoms with van der Waals surface area (Å²) in [5.41, 5.74) is 5.40. The number of anilines is 1. The van der Waals surface area contributed by atoms with Crippen LogP contribution < -0.4 is 5.73 Å². The van der Waals surface area contributed by atoms with E-state index in [1.165, 1.54) is 12.3 Å². The van der Waals surface area contributed by atoms with E-state index in [-0.39, 0.29) is 22.8 Å². The minimum Gasteiger partial charge on any atom is -0.477 e. The lowest BCUT2D eigenvalue weighted by Crippen LogP contribution is -2.01. The lowest BCUT2D eigenvalue weighted by Gasteiger charge is -1.90. The molecular weight excluding hydrogens is 190 g/mol. The quantitative estimate of drug-likeness (QED) is 0.720. The molecule has 2 aromatic heterocycles. The highest BCUT2D eigenvalue weighted by Gasteiger charge is 2.23. The van der Waals surface area contributed by atoms with E-state index in [0.717, 1.165) is 0 Å². The summed E-state index contributed by atoms with van der Waals surface area (Å²) in [5.74, 6) is -1.47. The van der Waals surface area contributed by atoms with Crippen LogP contribution in [0.2, 0.25) is 0 Å². The minimum atomic E-state index is -1.22. The standard InChI is InChI=1S/C7H5N3O4/c8-6-4(7(11)12)5(10-14-6)3-1-2-13-9-3/h1-2H,8H2,(H,11,12). The van der Waals surface area contributed by atoms with E-state index in [4.69, 9.17) is 10.8 Å². The highest BCUT2D eigenvalue weighted by molar-refractivity contribution is 5.98. The van der Waals surface area contributed by atoms with Crippen molar-refractivity contribution in [2.24, 2.45) is 0 Å². The van der Waals surface area contributed by atoms with Gasteiger partial charge >= 0.3 is 5.97 Å². The Hall–Kier alpha value is -2.31. The van der Waals surface area contributed by atoms with Crippen molar-refractivity contribution in [3.05, 3.63) is 17.9 Å². The molecule has 2 heterocycles. The summed E-state index contributed by atoms with van der Waals surface area (Å²) in [6, 6.07) is 1.46. The summed E-state index contributed by atoms with van der Waals surface area (Å²) >= 11 is 0. The molecule has 0 fully saturated rings. The van der Waals surface area contributed by atoms with E-state index in [1.54, 1.807) is 0 Å². The molecule has 0 saturated heterocycles. The molecule has 72 valence electrons. The van der Waals surface area contributed by atoms with Gasteiger partial charge < -0.3 is 19.9 Å². The van der Waals surface area contributed by atoms with Crippen LogP contribution in [-0.2, 0) is 0 Å². The molecule has 14 heavy (non-hydrogen) atoms. The maximum Gasteiger partial charge on any atom is 0.343 e. The summed E-state index contributed by atoms with van der Waals surface area (Å²) in [5, 5.41) is 15.8. The van der Waals surface area contributed by atoms with Crippen molar-refractivity contribution >= 4 is 11.9 Å². The number of nitrogen functional groups attached to an aromatic ring is 1. The van der Waals surface area contributed by atoms with Crippen molar-refractivity contribution in [3.8, 4) is 11.4 Å². The van der Waals surface area contributed by atoms with Gasteiger partial charge in [-0.05, 0) is 0 Å². The molecule has 0 aliphatic carbocycles. The largest absolute Gasteiger partial charge is 0.477 e. The molecule has 7 heteroatoms. The topological polar surface area (TPSA) is 115 Å². The highest BCUT2D eigenvalue weighted by atomic mass is 16.5. The fraction of sp³-hybridized carbons (Fsp3) is 0. The van der Waals surface area contributed by atoms with Crippen LogP contribution in [0.5, 0.6) is 0 Å². The summed E-state index contributed by atoms with van der Waals surface area (Å²) in [6.45, 7) is 0. The van der Waals surface area contributed by atoms with Gasteiger partial charge in [-0.1, -0.05) is 10.3 Å². The molecule has 0 saturated carbocycles. The zero-order valence-electron chi connectivity index (χ0n) is 6.80. The first-order valence-electron chi connectivity index (χ1n) is 3.59. The lowest BCUT2D eigenvalue weighted by molar-refractivity contribution is 0.0698. The Morgan fingerprint density at radius 2 is 2.29 bits per heavy atom. The number of aromatic carboxylic acids is 1. The molecule has 0 atom stereocenters. The normalized spacial score (nSPS) is 10.3. The number of hydrogen-bond acceptors (Lipinski definition) is 6. The summed E-state index contributed by atoms with van der Waals surface area (Å²) in [6.07, 6.45) is 1.30. The third-order valence-electron chi connectivity index (χ3n) is 1.61. The van der Waals surface area contributed by atoms with Gasteiger partial charge in [0.25, 0.3) is 0 Å².